The summed E-state index contributed by atoms with van der Waals surface area (Å²) in [4.78, 5) is 13.9. The van der Waals surface area contributed by atoms with Crippen LogP contribution in [0.5, 0.6) is 0 Å². The van der Waals surface area contributed by atoms with Crippen molar-refractivity contribution in [1.29, 1.82) is 0 Å². The first-order chi connectivity index (χ1) is 9.70. The van der Waals surface area contributed by atoms with Crippen LogP contribution in [0.4, 0.5) is 0 Å². The fourth-order valence-corrected chi connectivity index (χ4v) is 3.60. The van der Waals surface area contributed by atoms with Crippen molar-refractivity contribution in [2.45, 2.75) is 24.2 Å². The first-order valence-corrected chi connectivity index (χ1v) is 9.19. The zero-order chi connectivity index (χ0) is 15.8. The fraction of sp³-hybridized carbons (Fsp3) is 0.462. The SMILES string of the molecule is CN(CC1CCC1)C(=O)c1cc(S(N)(=O)=O)cc(Br)c1Cl. The molecule has 1 aliphatic carbocycles. The number of carbonyl (C=O) groups is 1. The third-order valence-corrected chi connectivity index (χ3v) is 5.82. The summed E-state index contributed by atoms with van der Waals surface area (Å²) in [6.07, 6.45) is 3.43. The van der Waals surface area contributed by atoms with Gasteiger partial charge in [-0.2, -0.15) is 0 Å². The molecule has 0 heterocycles. The molecule has 0 spiro atoms. The molecule has 2 N–H and O–H groups in total. The summed E-state index contributed by atoms with van der Waals surface area (Å²) in [6.45, 7) is 0.645. The molecule has 0 atom stereocenters. The van der Waals surface area contributed by atoms with E-state index in [1.807, 2.05) is 0 Å². The van der Waals surface area contributed by atoms with E-state index in [0.29, 0.717) is 16.9 Å². The van der Waals surface area contributed by atoms with Crippen LogP contribution in [0.15, 0.2) is 21.5 Å². The Morgan fingerprint density at radius 3 is 2.57 bits per heavy atom. The highest BCUT2D eigenvalue weighted by Crippen LogP contribution is 2.31. The van der Waals surface area contributed by atoms with E-state index >= 15 is 0 Å². The van der Waals surface area contributed by atoms with E-state index in [1.165, 1.54) is 18.6 Å². The number of halogens is 2. The van der Waals surface area contributed by atoms with Gasteiger partial charge < -0.3 is 4.90 Å². The lowest BCUT2D eigenvalue weighted by Gasteiger charge is -2.30. The van der Waals surface area contributed by atoms with Gasteiger partial charge in [0.2, 0.25) is 10.0 Å². The van der Waals surface area contributed by atoms with Crippen molar-refractivity contribution in [3.05, 3.63) is 27.2 Å². The van der Waals surface area contributed by atoms with Crippen molar-refractivity contribution >= 4 is 43.5 Å². The first-order valence-electron chi connectivity index (χ1n) is 6.47. The lowest BCUT2D eigenvalue weighted by Crippen LogP contribution is -2.34. The molecule has 0 radical (unpaired) electrons. The van der Waals surface area contributed by atoms with Gasteiger partial charge in [0.25, 0.3) is 5.91 Å². The Balaban J connectivity index is 2.33. The summed E-state index contributed by atoms with van der Waals surface area (Å²) in [5.74, 6) is 0.209. The Bertz CT molecular complexity index is 674. The summed E-state index contributed by atoms with van der Waals surface area (Å²) in [7, 11) is -2.21. The number of primary sulfonamides is 1. The van der Waals surface area contributed by atoms with Crippen LogP contribution in [0.2, 0.25) is 5.02 Å². The Labute approximate surface area is 137 Å². The van der Waals surface area contributed by atoms with E-state index in [2.05, 4.69) is 15.9 Å². The van der Waals surface area contributed by atoms with Crippen molar-refractivity contribution in [2.75, 3.05) is 13.6 Å². The number of hydrogen-bond acceptors (Lipinski definition) is 3. The van der Waals surface area contributed by atoms with Crippen molar-refractivity contribution in [3.8, 4) is 0 Å². The molecule has 1 aliphatic rings. The summed E-state index contributed by atoms with van der Waals surface area (Å²) < 4.78 is 23.3. The maximum Gasteiger partial charge on any atom is 0.255 e. The smallest absolute Gasteiger partial charge is 0.255 e. The van der Waals surface area contributed by atoms with Crippen LogP contribution in [0, 0.1) is 5.92 Å². The lowest BCUT2D eigenvalue weighted by atomic mass is 9.85. The highest BCUT2D eigenvalue weighted by Gasteiger charge is 2.25. The number of sulfonamides is 1. The van der Waals surface area contributed by atoms with Gasteiger partial charge >= 0.3 is 0 Å². The minimum absolute atomic E-state index is 0.136. The van der Waals surface area contributed by atoms with Gasteiger partial charge in [0, 0.05) is 18.1 Å². The van der Waals surface area contributed by atoms with E-state index in [0.717, 1.165) is 12.8 Å². The Kier molecular flexibility index (Phi) is 4.97. The van der Waals surface area contributed by atoms with Gasteiger partial charge in [-0.3, -0.25) is 4.79 Å². The normalized spacial score (nSPS) is 15.6. The molecule has 0 aliphatic heterocycles. The Hall–Kier alpha value is -0.630. The second-order valence-corrected chi connectivity index (χ2v) is 8.09. The Morgan fingerprint density at radius 2 is 2.10 bits per heavy atom. The second kappa shape index (κ2) is 6.24. The molecule has 1 saturated carbocycles. The van der Waals surface area contributed by atoms with E-state index < -0.39 is 10.0 Å². The molecule has 0 unspecified atom stereocenters. The van der Waals surface area contributed by atoms with Gasteiger partial charge in [-0.15, -0.1) is 0 Å². The number of amides is 1. The third kappa shape index (κ3) is 3.77. The average Bonchev–Trinajstić information content (AvgIpc) is 2.34. The Morgan fingerprint density at radius 1 is 1.48 bits per heavy atom. The number of benzene rings is 1. The summed E-state index contributed by atoms with van der Waals surface area (Å²) in [6, 6.07) is 2.52. The predicted octanol–water partition coefficient (Wildman–Crippen LogP) is 2.62. The van der Waals surface area contributed by atoms with Crippen molar-refractivity contribution < 1.29 is 13.2 Å². The van der Waals surface area contributed by atoms with Crippen molar-refractivity contribution in [2.24, 2.45) is 11.1 Å². The highest BCUT2D eigenvalue weighted by molar-refractivity contribution is 9.10. The van der Waals surface area contributed by atoms with Gasteiger partial charge in [-0.1, -0.05) is 18.0 Å². The minimum Gasteiger partial charge on any atom is -0.341 e. The van der Waals surface area contributed by atoms with E-state index in [1.54, 1.807) is 11.9 Å². The third-order valence-electron chi connectivity index (χ3n) is 3.66. The average molecular weight is 396 g/mol. The molecule has 1 fully saturated rings. The van der Waals surface area contributed by atoms with Gasteiger partial charge in [0.05, 0.1) is 15.5 Å². The molecular weight excluding hydrogens is 380 g/mol. The van der Waals surface area contributed by atoms with Crippen LogP contribution in [0.1, 0.15) is 29.6 Å². The lowest BCUT2D eigenvalue weighted by molar-refractivity contribution is 0.0745. The van der Waals surface area contributed by atoms with Crippen molar-refractivity contribution in [3.63, 3.8) is 0 Å². The predicted molar refractivity (Wildman–Crippen MR) is 84.8 cm³/mol. The van der Waals surface area contributed by atoms with Gasteiger partial charge in [-0.05, 0) is 46.8 Å². The standard InChI is InChI=1S/C13H16BrClN2O3S/c1-17(7-8-3-2-4-8)13(18)10-5-9(21(16,19)20)6-11(14)12(10)15/h5-6,8H,2-4,7H2,1H3,(H2,16,19,20). The largest absolute Gasteiger partial charge is 0.341 e. The molecule has 0 bridgehead atoms. The molecule has 0 saturated heterocycles. The number of nitrogens with two attached hydrogens (primary N) is 1. The quantitative estimate of drug-likeness (QED) is 0.851. The van der Waals surface area contributed by atoms with E-state index in [-0.39, 0.29) is 21.4 Å². The van der Waals surface area contributed by atoms with Crippen LogP contribution in [-0.2, 0) is 10.0 Å². The summed E-state index contributed by atoms with van der Waals surface area (Å²) in [5.41, 5.74) is 0.136. The zero-order valence-corrected chi connectivity index (χ0v) is 14.6. The molecule has 21 heavy (non-hydrogen) atoms. The minimum atomic E-state index is -3.90. The zero-order valence-electron chi connectivity index (χ0n) is 11.5. The summed E-state index contributed by atoms with van der Waals surface area (Å²) >= 11 is 9.27. The van der Waals surface area contributed by atoms with Crippen LogP contribution >= 0.6 is 27.5 Å². The van der Waals surface area contributed by atoms with E-state index in [9.17, 15) is 13.2 Å². The van der Waals surface area contributed by atoms with Crippen LogP contribution < -0.4 is 5.14 Å². The van der Waals surface area contributed by atoms with Gasteiger partial charge in [-0.25, -0.2) is 13.6 Å². The van der Waals surface area contributed by atoms with Crippen LogP contribution in [0.3, 0.4) is 0 Å². The number of nitrogens with zero attached hydrogens (tertiary/aromatic N) is 1. The van der Waals surface area contributed by atoms with Crippen molar-refractivity contribution in [1.82, 2.24) is 4.90 Å². The molecule has 1 aromatic rings. The fourth-order valence-electron chi connectivity index (χ4n) is 2.24. The molecule has 5 nitrogen and oxygen atoms in total. The molecule has 1 aromatic carbocycles. The molecule has 8 heteroatoms. The topological polar surface area (TPSA) is 80.5 Å². The van der Waals surface area contributed by atoms with E-state index in [4.69, 9.17) is 16.7 Å². The molecule has 1 amide bonds. The highest BCUT2D eigenvalue weighted by atomic mass is 79.9. The molecule has 0 aromatic heterocycles. The second-order valence-electron chi connectivity index (χ2n) is 5.29. The number of carbonyl (C=O) groups excluding carboxylic acids is 1. The van der Waals surface area contributed by atoms with Gasteiger partial charge in [0.1, 0.15) is 0 Å². The summed E-state index contributed by atoms with van der Waals surface area (Å²) in [5, 5.41) is 5.30. The monoisotopic (exact) mass is 394 g/mol. The van der Waals surface area contributed by atoms with Gasteiger partial charge in [0.15, 0.2) is 0 Å². The molecule has 2 rings (SSSR count). The maximum absolute atomic E-state index is 12.5. The van der Waals surface area contributed by atoms with Crippen LogP contribution in [0.25, 0.3) is 0 Å². The van der Waals surface area contributed by atoms with Crippen LogP contribution in [-0.4, -0.2) is 32.8 Å². The number of hydrogen-bond donors (Lipinski definition) is 1. The maximum atomic E-state index is 12.5. The first kappa shape index (κ1) is 16.7. The number of rotatable bonds is 4. The molecular formula is C13H16BrClN2O3S. The molecule has 116 valence electrons.